The number of benzene rings is 2. The van der Waals surface area contributed by atoms with Crippen molar-refractivity contribution in [2.45, 2.75) is 32.7 Å². The van der Waals surface area contributed by atoms with Gasteiger partial charge < -0.3 is 9.42 Å². The fourth-order valence-corrected chi connectivity index (χ4v) is 3.42. The van der Waals surface area contributed by atoms with E-state index in [1.54, 1.807) is 0 Å². The number of nitrogens with zero attached hydrogens (tertiary/aromatic N) is 3. The third-order valence-corrected chi connectivity index (χ3v) is 4.93. The van der Waals surface area contributed by atoms with Crippen LogP contribution in [-0.2, 0) is 0 Å². The zero-order chi connectivity index (χ0) is 18.1. The Hall–Kier alpha value is -2.95. The molecule has 0 radical (unpaired) electrons. The number of rotatable bonds is 3. The Morgan fingerprint density at radius 1 is 1.12 bits per heavy atom. The van der Waals surface area contributed by atoms with Crippen LogP contribution in [0.25, 0.3) is 11.4 Å². The van der Waals surface area contributed by atoms with Crippen LogP contribution >= 0.6 is 0 Å². The number of aromatic nitrogens is 2. The maximum atomic E-state index is 13.0. The van der Waals surface area contributed by atoms with Crippen LogP contribution in [0.15, 0.2) is 53.1 Å². The van der Waals surface area contributed by atoms with Gasteiger partial charge in [0.05, 0.1) is 0 Å². The molecule has 1 aromatic heterocycles. The molecule has 132 valence electrons. The average molecular weight is 347 g/mol. The van der Waals surface area contributed by atoms with E-state index >= 15 is 0 Å². The van der Waals surface area contributed by atoms with E-state index in [4.69, 9.17) is 4.52 Å². The van der Waals surface area contributed by atoms with Crippen LogP contribution in [0, 0.1) is 13.8 Å². The smallest absolute Gasteiger partial charge is 0.254 e. The van der Waals surface area contributed by atoms with Crippen molar-refractivity contribution in [1.82, 2.24) is 15.0 Å². The van der Waals surface area contributed by atoms with Crippen molar-refractivity contribution >= 4 is 5.91 Å². The van der Waals surface area contributed by atoms with E-state index in [-0.39, 0.29) is 11.9 Å². The van der Waals surface area contributed by atoms with Gasteiger partial charge in [0.15, 0.2) is 0 Å². The van der Waals surface area contributed by atoms with Crippen molar-refractivity contribution in [3.63, 3.8) is 0 Å². The maximum absolute atomic E-state index is 13.0. The first-order valence-corrected chi connectivity index (χ1v) is 8.91. The summed E-state index contributed by atoms with van der Waals surface area (Å²) in [6, 6.07) is 15.5. The molecular weight excluding hydrogens is 326 g/mol. The lowest BCUT2D eigenvalue weighted by Crippen LogP contribution is -2.31. The second kappa shape index (κ2) is 6.75. The van der Waals surface area contributed by atoms with Gasteiger partial charge in [-0.2, -0.15) is 4.98 Å². The summed E-state index contributed by atoms with van der Waals surface area (Å²) in [6.45, 7) is 4.71. The first-order chi connectivity index (χ1) is 12.6. The van der Waals surface area contributed by atoms with Gasteiger partial charge in [0.25, 0.3) is 5.91 Å². The lowest BCUT2D eigenvalue weighted by molar-refractivity contribution is 0.0709. The average Bonchev–Trinajstić information content (AvgIpc) is 3.31. The largest absolute Gasteiger partial charge is 0.337 e. The van der Waals surface area contributed by atoms with Gasteiger partial charge in [0.1, 0.15) is 6.04 Å². The molecule has 0 aliphatic carbocycles. The summed E-state index contributed by atoms with van der Waals surface area (Å²) in [7, 11) is 0. The minimum absolute atomic E-state index is 0.0284. The topological polar surface area (TPSA) is 59.2 Å². The molecule has 5 heteroatoms. The lowest BCUT2D eigenvalue weighted by Gasteiger charge is -2.22. The number of carbonyl (C=O) groups excluding carboxylic acids is 1. The predicted octanol–water partition coefficient (Wildman–Crippen LogP) is 4.33. The Labute approximate surface area is 152 Å². The van der Waals surface area contributed by atoms with Crippen molar-refractivity contribution in [3.8, 4) is 11.4 Å². The summed E-state index contributed by atoms with van der Waals surface area (Å²) < 4.78 is 5.52. The Morgan fingerprint density at radius 2 is 1.88 bits per heavy atom. The Balaban J connectivity index is 1.60. The molecule has 2 heterocycles. The summed E-state index contributed by atoms with van der Waals surface area (Å²) in [5, 5.41) is 4.12. The number of likely N-dealkylation sites (tertiary alicyclic amines) is 1. The van der Waals surface area contributed by atoms with E-state index in [2.05, 4.69) is 10.1 Å². The van der Waals surface area contributed by atoms with Crippen LogP contribution in [-0.4, -0.2) is 27.5 Å². The van der Waals surface area contributed by atoms with Crippen molar-refractivity contribution < 1.29 is 9.32 Å². The van der Waals surface area contributed by atoms with Gasteiger partial charge in [-0.3, -0.25) is 4.79 Å². The van der Waals surface area contributed by atoms with Crippen molar-refractivity contribution in [2.75, 3.05) is 6.54 Å². The van der Waals surface area contributed by atoms with E-state index in [0.717, 1.165) is 29.5 Å². The van der Waals surface area contributed by atoms with Gasteiger partial charge in [-0.15, -0.1) is 0 Å². The molecule has 0 unspecified atom stereocenters. The van der Waals surface area contributed by atoms with Gasteiger partial charge in [-0.25, -0.2) is 0 Å². The number of amides is 1. The van der Waals surface area contributed by atoms with Crippen LogP contribution in [0.3, 0.4) is 0 Å². The molecule has 1 amide bonds. The van der Waals surface area contributed by atoms with Crippen molar-refractivity contribution in [1.29, 1.82) is 0 Å². The van der Waals surface area contributed by atoms with Gasteiger partial charge in [-0.1, -0.05) is 53.2 Å². The monoisotopic (exact) mass is 347 g/mol. The second-order valence-electron chi connectivity index (χ2n) is 6.79. The van der Waals surface area contributed by atoms with Crippen LogP contribution in [0.2, 0.25) is 0 Å². The van der Waals surface area contributed by atoms with Gasteiger partial charge in [-0.05, 0) is 38.3 Å². The standard InChI is InChI=1S/C21H21N3O2/c1-14-9-11-16(12-10-14)19-22-20(26-23-19)18-8-5-13-24(18)21(25)17-7-4-3-6-15(17)2/h3-4,6-7,9-12,18H,5,8,13H2,1-2H3/t18-/m1/s1. The summed E-state index contributed by atoms with van der Waals surface area (Å²) in [5.41, 5.74) is 3.82. The van der Waals surface area contributed by atoms with Gasteiger partial charge >= 0.3 is 0 Å². The first kappa shape index (κ1) is 16.5. The summed E-state index contributed by atoms with van der Waals surface area (Å²) >= 11 is 0. The molecule has 0 spiro atoms. The number of carbonyl (C=O) groups is 1. The molecule has 2 aromatic carbocycles. The van der Waals surface area contributed by atoms with Crippen LogP contribution in [0.5, 0.6) is 0 Å². The van der Waals surface area contributed by atoms with Crippen LogP contribution in [0.1, 0.15) is 46.3 Å². The molecule has 1 aliphatic heterocycles. The highest BCUT2D eigenvalue weighted by molar-refractivity contribution is 5.96. The molecule has 4 rings (SSSR count). The Morgan fingerprint density at radius 3 is 2.65 bits per heavy atom. The van der Waals surface area contributed by atoms with Crippen LogP contribution in [0.4, 0.5) is 0 Å². The number of aryl methyl sites for hydroxylation is 2. The molecule has 26 heavy (non-hydrogen) atoms. The SMILES string of the molecule is Cc1ccc(-c2noc([C@H]3CCCN3C(=O)c3ccccc3C)n2)cc1. The third kappa shape index (κ3) is 3.01. The minimum Gasteiger partial charge on any atom is -0.337 e. The molecule has 1 saturated heterocycles. The molecule has 0 saturated carbocycles. The van der Waals surface area contributed by atoms with Crippen molar-refractivity contribution in [2.24, 2.45) is 0 Å². The molecule has 5 nitrogen and oxygen atoms in total. The first-order valence-electron chi connectivity index (χ1n) is 8.91. The zero-order valence-electron chi connectivity index (χ0n) is 15.0. The van der Waals surface area contributed by atoms with E-state index in [9.17, 15) is 4.79 Å². The van der Waals surface area contributed by atoms with E-state index in [0.29, 0.717) is 18.3 Å². The van der Waals surface area contributed by atoms with Gasteiger partial charge in [0, 0.05) is 17.7 Å². The Kier molecular flexibility index (Phi) is 4.29. The van der Waals surface area contributed by atoms with Crippen molar-refractivity contribution in [3.05, 3.63) is 71.1 Å². The minimum atomic E-state index is -0.159. The second-order valence-corrected chi connectivity index (χ2v) is 6.79. The predicted molar refractivity (Wildman–Crippen MR) is 98.7 cm³/mol. The zero-order valence-corrected chi connectivity index (χ0v) is 15.0. The summed E-state index contributed by atoms with van der Waals surface area (Å²) in [4.78, 5) is 19.4. The van der Waals surface area contributed by atoms with E-state index in [1.807, 2.05) is 67.3 Å². The molecule has 1 aliphatic rings. The molecule has 3 aromatic rings. The highest BCUT2D eigenvalue weighted by Gasteiger charge is 2.35. The lowest BCUT2D eigenvalue weighted by atomic mass is 10.1. The normalized spacial score (nSPS) is 16.8. The molecular formula is C21H21N3O2. The van der Waals surface area contributed by atoms with E-state index < -0.39 is 0 Å². The molecule has 1 atom stereocenters. The summed E-state index contributed by atoms with van der Waals surface area (Å²) in [6.07, 6.45) is 1.78. The number of hydrogen-bond acceptors (Lipinski definition) is 4. The Bertz CT molecular complexity index is 930. The third-order valence-electron chi connectivity index (χ3n) is 4.93. The fraction of sp³-hybridized carbons (Fsp3) is 0.286. The summed E-state index contributed by atoms with van der Waals surface area (Å²) in [5.74, 6) is 1.11. The quantitative estimate of drug-likeness (QED) is 0.707. The molecule has 0 N–H and O–H groups in total. The molecule has 1 fully saturated rings. The number of hydrogen-bond donors (Lipinski definition) is 0. The fourth-order valence-electron chi connectivity index (χ4n) is 3.42. The van der Waals surface area contributed by atoms with Crippen LogP contribution < -0.4 is 0 Å². The maximum Gasteiger partial charge on any atom is 0.254 e. The van der Waals surface area contributed by atoms with Gasteiger partial charge in [0.2, 0.25) is 11.7 Å². The molecule has 0 bridgehead atoms. The van der Waals surface area contributed by atoms with E-state index in [1.165, 1.54) is 5.56 Å². The highest BCUT2D eigenvalue weighted by Crippen LogP contribution is 2.33. The highest BCUT2D eigenvalue weighted by atomic mass is 16.5.